The summed E-state index contributed by atoms with van der Waals surface area (Å²) in [5.41, 5.74) is 9.65. The molecule has 0 bridgehead atoms. The van der Waals surface area contributed by atoms with E-state index in [-0.39, 0.29) is 46.3 Å². The van der Waals surface area contributed by atoms with Crippen LogP contribution in [0.25, 0.3) is 33.4 Å². The highest BCUT2D eigenvalue weighted by Gasteiger charge is 2.38. The maximum Gasteiger partial charge on any atom is 0.273 e. The number of benzene rings is 2. The van der Waals surface area contributed by atoms with Gasteiger partial charge in [-0.3, -0.25) is 19.1 Å². The number of hydrogen-bond acceptors (Lipinski definition) is 8. The Balaban J connectivity index is 1.09. The maximum atomic E-state index is 15.8. The van der Waals surface area contributed by atoms with Crippen LogP contribution in [0.15, 0.2) is 78.1 Å². The summed E-state index contributed by atoms with van der Waals surface area (Å²) in [6, 6.07) is 13.6. The van der Waals surface area contributed by atoms with Gasteiger partial charge in [0.1, 0.15) is 22.9 Å². The first-order valence-electron chi connectivity index (χ1n) is 17.1. The Labute approximate surface area is 293 Å². The van der Waals surface area contributed by atoms with E-state index in [0.29, 0.717) is 36.7 Å². The fourth-order valence-electron chi connectivity index (χ4n) is 7.18. The van der Waals surface area contributed by atoms with Crippen molar-refractivity contribution >= 4 is 23.3 Å². The zero-order valence-corrected chi connectivity index (χ0v) is 28.1. The molecular weight excluding hydrogens is 651 g/mol. The Kier molecular flexibility index (Phi) is 8.44. The van der Waals surface area contributed by atoms with Crippen LogP contribution in [0.4, 0.5) is 15.9 Å². The quantitative estimate of drug-likeness (QED) is 0.229. The van der Waals surface area contributed by atoms with Crippen LogP contribution in [-0.4, -0.2) is 68.5 Å². The number of carbonyl (C=O) groups excluding carboxylic acids is 2. The lowest BCUT2D eigenvalue weighted by Crippen LogP contribution is -2.53. The number of nitrogen functional groups attached to an aromatic ring is 1. The summed E-state index contributed by atoms with van der Waals surface area (Å²) in [7, 11) is 0. The number of pyridine rings is 2. The number of anilines is 2. The van der Waals surface area contributed by atoms with E-state index in [1.54, 1.807) is 46.1 Å². The molecule has 3 aromatic heterocycles. The highest BCUT2D eigenvalue weighted by Crippen LogP contribution is 2.34. The molecule has 0 saturated carbocycles. The minimum Gasteiger partial charge on any atom is -0.383 e. The van der Waals surface area contributed by atoms with E-state index in [1.807, 2.05) is 29.9 Å². The molecule has 4 N–H and O–H groups in total. The number of amides is 2. The second-order valence-electron chi connectivity index (χ2n) is 13.3. The van der Waals surface area contributed by atoms with E-state index in [4.69, 9.17) is 10.5 Å². The number of ether oxygens (including phenoxy) is 1. The van der Waals surface area contributed by atoms with Crippen molar-refractivity contribution in [1.29, 1.82) is 0 Å². The standard InChI is InChI=1S/C38H37FN8O4/c1-22-3-5-23(6-4-22)33-34-38(50)46-13-2-14-51-32(46)21-45(34)20-30(35(33)48)37(49)44-26-7-8-28(31(39)16-26)29-15-24(17-42-36(29)40)25-18-43-47(19-25)27-9-11-41-12-10-27/h3-8,15-20,27,32,41H,2,9-14,21H2,1H3,(H2,40,42)(H,44,49). The molecule has 2 saturated heterocycles. The van der Waals surface area contributed by atoms with Crippen molar-refractivity contribution in [2.75, 3.05) is 37.3 Å². The van der Waals surface area contributed by atoms with Gasteiger partial charge in [-0.15, -0.1) is 0 Å². The van der Waals surface area contributed by atoms with Crippen LogP contribution in [0.2, 0.25) is 0 Å². The first kappa shape index (κ1) is 32.5. The van der Waals surface area contributed by atoms with E-state index in [1.165, 1.54) is 18.3 Å². The van der Waals surface area contributed by atoms with Crippen molar-refractivity contribution in [3.8, 4) is 33.4 Å². The van der Waals surface area contributed by atoms with E-state index in [2.05, 4.69) is 20.7 Å². The average Bonchev–Trinajstić information content (AvgIpc) is 3.64. The Bertz CT molecular complexity index is 2220. The molecule has 12 nitrogen and oxygen atoms in total. The summed E-state index contributed by atoms with van der Waals surface area (Å²) in [4.78, 5) is 47.5. The summed E-state index contributed by atoms with van der Waals surface area (Å²) in [5, 5.41) is 10.6. The minimum absolute atomic E-state index is 0.141. The molecule has 1 unspecified atom stereocenters. The minimum atomic E-state index is -0.732. The van der Waals surface area contributed by atoms with Gasteiger partial charge in [0.25, 0.3) is 11.8 Å². The molecule has 2 fully saturated rings. The molecule has 2 amide bonds. The lowest BCUT2D eigenvalue weighted by Gasteiger charge is -2.41. The van der Waals surface area contributed by atoms with Gasteiger partial charge in [-0.05, 0) is 69.1 Å². The van der Waals surface area contributed by atoms with Gasteiger partial charge in [-0.25, -0.2) is 9.37 Å². The molecule has 0 spiro atoms. The molecule has 3 aliphatic rings. The number of carbonyl (C=O) groups is 2. The fourth-order valence-corrected chi connectivity index (χ4v) is 7.18. The van der Waals surface area contributed by atoms with Crippen LogP contribution in [-0.2, 0) is 11.3 Å². The lowest BCUT2D eigenvalue weighted by molar-refractivity contribution is -0.0916. The van der Waals surface area contributed by atoms with Gasteiger partial charge in [-0.2, -0.15) is 5.10 Å². The highest BCUT2D eigenvalue weighted by molar-refractivity contribution is 6.07. The summed E-state index contributed by atoms with van der Waals surface area (Å²) in [6.07, 6.45) is 8.96. The maximum absolute atomic E-state index is 15.8. The average molecular weight is 689 g/mol. The molecule has 13 heteroatoms. The Morgan fingerprint density at radius 1 is 1.00 bits per heavy atom. The molecule has 0 radical (unpaired) electrons. The third-order valence-electron chi connectivity index (χ3n) is 9.94. The zero-order chi connectivity index (χ0) is 35.2. The second-order valence-corrected chi connectivity index (χ2v) is 13.3. The Hall–Kier alpha value is -5.66. The number of hydrogen-bond donors (Lipinski definition) is 3. The second kappa shape index (κ2) is 13.2. The van der Waals surface area contributed by atoms with Gasteiger partial charge in [0.15, 0.2) is 6.23 Å². The van der Waals surface area contributed by atoms with Crippen molar-refractivity contribution in [1.82, 2.24) is 29.5 Å². The molecule has 3 aliphatic heterocycles. The predicted octanol–water partition coefficient (Wildman–Crippen LogP) is 4.85. The molecule has 51 heavy (non-hydrogen) atoms. The van der Waals surface area contributed by atoms with Crippen LogP contribution in [0.5, 0.6) is 0 Å². The van der Waals surface area contributed by atoms with Crippen LogP contribution >= 0.6 is 0 Å². The summed E-state index contributed by atoms with van der Waals surface area (Å²) >= 11 is 0. The summed E-state index contributed by atoms with van der Waals surface area (Å²) < 4.78 is 25.3. The van der Waals surface area contributed by atoms with Crippen LogP contribution in [0.3, 0.4) is 0 Å². The predicted molar refractivity (Wildman–Crippen MR) is 191 cm³/mol. The first-order valence-corrected chi connectivity index (χ1v) is 17.1. The largest absolute Gasteiger partial charge is 0.383 e. The number of fused-ring (bicyclic) bond motifs is 2. The van der Waals surface area contributed by atoms with Gasteiger partial charge in [0.05, 0.1) is 31.0 Å². The number of nitrogens with two attached hydrogens (primary N) is 1. The number of piperidine rings is 1. The van der Waals surface area contributed by atoms with Crippen molar-refractivity contribution < 1.29 is 18.7 Å². The molecule has 5 aromatic rings. The van der Waals surface area contributed by atoms with Crippen molar-refractivity contribution in [3.05, 3.63) is 106 Å². The highest BCUT2D eigenvalue weighted by atomic mass is 19.1. The molecule has 260 valence electrons. The normalized spacial score (nSPS) is 17.6. The monoisotopic (exact) mass is 688 g/mol. The van der Waals surface area contributed by atoms with E-state index in [9.17, 15) is 14.4 Å². The number of aryl methyl sites for hydroxylation is 1. The first-order chi connectivity index (χ1) is 24.7. The Morgan fingerprint density at radius 2 is 1.80 bits per heavy atom. The molecular formula is C38H37FN8O4. The molecule has 8 rings (SSSR count). The summed E-state index contributed by atoms with van der Waals surface area (Å²) in [6.45, 7) is 5.10. The Morgan fingerprint density at radius 3 is 2.59 bits per heavy atom. The molecule has 6 heterocycles. The number of halogens is 1. The fraction of sp³-hybridized carbons (Fsp3) is 0.289. The van der Waals surface area contributed by atoms with Crippen LogP contribution in [0, 0.1) is 12.7 Å². The van der Waals surface area contributed by atoms with Crippen molar-refractivity contribution in [2.45, 2.75) is 45.0 Å². The SMILES string of the molecule is Cc1ccc(-c2c3n(cc(C(=O)Nc4ccc(-c5cc(-c6cnn(C7CCNCC7)c6)cnc5N)c(F)c4)c2=O)CC2OCCCN2C3=O)cc1. The molecule has 2 aromatic carbocycles. The van der Waals surface area contributed by atoms with Gasteiger partial charge in [0, 0.05) is 53.1 Å². The third-order valence-corrected chi connectivity index (χ3v) is 9.94. The number of nitrogens with zero attached hydrogens (tertiary/aromatic N) is 5. The summed E-state index contributed by atoms with van der Waals surface area (Å²) in [5.74, 6) is -1.53. The van der Waals surface area contributed by atoms with Crippen LogP contribution < -0.4 is 21.8 Å². The van der Waals surface area contributed by atoms with E-state index < -0.39 is 23.4 Å². The van der Waals surface area contributed by atoms with Gasteiger partial charge in [0.2, 0.25) is 5.43 Å². The van der Waals surface area contributed by atoms with Crippen molar-refractivity contribution in [2.24, 2.45) is 0 Å². The third kappa shape index (κ3) is 6.08. The topological polar surface area (TPSA) is 149 Å². The van der Waals surface area contributed by atoms with Gasteiger partial charge < -0.3 is 30.6 Å². The van der Waals surface area contributed by atoms with Crippen LogP contribution in [0.1, 0.15) is 51.7 Å². The number of aromatic nitrogens is 4. The smallest absolute Gasteiger partial charge is 0.273 e. The van der Waals surface area contributed by atoms with Gasteiger partial charge in [-0.1, -0.05) is 29.8 Å². The number of nitrogens with one attached hydrogen (secondary N) is 2. The van der Waals surface area contributed by atoms with E-state index >= 15 is 4.39 Å². The molecule has 0 aliphatic carbocycles. The van der Waals surface area contributed by atoms with E-state index in [0.717, 1.165) is 42.6 Å². The van der Waals surface area contributed by atoms with Gasteiger partial charge >= 0.3 is 0 Å². The zero-order valence-electron chi connectivity index (χ0n) is 28.1. The molecule has 1 atom stereocenters. The lowest BCUT2D eigenvalue weighted by atomic mass is 9.97. The van der Waals surface area contributed by atoms with Crippen molar-refractivity contribution in [3.63, 3.8) is 0 Å². The number of rotatable bonds is 6.